The SMILES string of the molecule is Cc1ccc(NC(=O)c2cc(NCc3ccco3)ccn2)c(C)c1. The van der Waals surface area contributed by atoms with Gasteiger partial charge in [-0.3, -0.25) is 9.78 Å². The molecule has 2 heterocycles. The molecule has 1 amide bonds. The molecule has 0 saturated carbocycles. The second-order valence-corrected chi connectivity index (χ2v) is 5.64. The van der Waals surface area contributed by atoms with Crippen molar-refractivity contribution in [3.05, 3.63) is 77.5 Å². The van der Waals surface area contributed by atoms with E-state index in [1.165, 1.54) is 0 Å². The smallest absolute Gasteiger partial charge is 0.274 e. The molecule has 24 heavy (non-hydrogen) atoms. The average Bonchev–Trinajstić information content (AvgIpc) is 3.09. The minimum absolute atomic E-state index is 0.233. The first-order valence-corrected chi connectivity index (χ1v) is 7.73. The van der Waals surface area contributed by atoms with E-state index in [4.69, 9.17) is 4.42 Å². The van der Waals surface area contributed by atoms with Crippen LogP contribution in [0, 0.1) is 13.8 Å². The lowest BCUT2D eigenvalue weighted by Crippen LogP contribution is -2.14. The first-order valence-electron chi connectivity index (χ1n) is 7.73. The molecule has 3 rings (SSSR count). The highest BCUT2D eigenvalue weighted by Gasteiger charge is 2.10. The lowest BCUT2D eigenvalue weighted by molar-refractivity contribution is 0.102. The van der Waals surface area contributed by atoms with Gasteiger partial charge in [0.2, 0.25) is 0 Å². The van der Waals surface area contributed by atoms with Gasteiger partial charge in [-0.25, -0.2) is 0 Å². The largest absolute Gasteiger partial charge is 0.467 e. The molecule has 2 aromatic heterocycles. The third kappa shape index (κ3) is 3.81. The fraction of sp³-hybridized carbons (Fsp3) is 0.158. The van der Waals surface area contributed by atoms with Gasteiger partial charge >= 0.3 is 0 Å². The molecule has 0 aliphatic rings. The third-order valence-electron chi connectivity index (χ3n) is 3.67. The number of hydrogen-bond donors (Lipinski definition) is 2. The van der Waals surface area contributed by atoms with Crippen molar-refractivity contribution in [1.82, 2.24) is 4.98 Å². The Morgan fingerprint density at radius 1 is 1.17 bits per heavy atom. The van der Waals surface area contributed by atoms with Crippen LogP contribution in [0.4, 0.5) is 11.4 Å². The Bertz CT molecular complexity index is 842. The van der Waals surface area contributed by atoms with Crippen molar-refractivity contribution in [1.29, 1.82) is 0 Å². The van der Waals surface area contributed by atoms with Crippen LogP contribution < -0.4 is 10.6 Å². The van der Waals surface area contributed by atoms with E-state index >= 15 is 0 Å². The van der Waals surface area contributed by atoms with Crippen molar-refractivity contribution < 1.29 is 9.21 Å². The minimum atomic E-state index is -0.233. The zero-order valence-electron chi connectivity index (χ0n) is 13.7. The van der Waals surface area contributed by atoms with Crippen LogP contribution in [-0.4, -0.2) is 10.9 Å². The van der Waals surface area contributed by atoms with Crippen molar-refractivity contribution >= 4 is 17.3 Å². The number of nitrogens with zero attached hydrogens (tertiary/aromatic N) is 1. The summed E-state index contributed by atoms with van der Waals surface area (Å²) in [7, 11) is 0. The molecule has 0 bridgehead atoms. The van der Waals surface area contributed by atoms with Crippen molar-refractivity contribution in [2.24, 2.45) is 0 Å². The van der Waals surface area contributed by atoms with Crippen LogP contribution in [0.15, 0.2) is 59.3 Å². The van der Waals surface area contributed by atoms with Crippen LogP contribution in [0.5, 0.6) is 0 Å². The molecule has 0 saturated heterocycles. The van der Waals surface area contributed by atoms with E-state index < -0.39 is 0 Å². The number of benzene rings is 1. The Morgan fingerprint density at radius 3 is 2.79 bits per heavy atom. The molecule has 0 atom stereocenters. The molecule has 0 radical (unpaired) electrons. The number of aromatic nitrogens is 1. The summed E-state index contributed by atoms with van der Waals surface area (Å²) in [6.45, 7) is 4.54. The number of amides is 1. The van der Waals surface area contributed by atoms with Gasteiger partial charge < -0.3 is 15.1 Å². The highest BCUT2D eigenvalue weighted by molar-refractivity contribution is 6.03. The maximum absolute atomic E-state index is 12.4. The van der Waals surface area contributed by atoms with Gasteiger partial charge in [0.05, 0.1) is 12.8 Å². The Hall–Kier alpha value is -3.08. The normalized spacial score (nSPS) is 10.4. The van der Waals surface area contributed by atoms with Crippen LogP contribution in [0.2, 0.25) is 0 Å². The summed E-state index contributed by atoms with van der Waals surface area (Å²) in [5, 5.41) is 6.11. The topological polar surface area (TPSA) is 67.2 Å². The number of rotatable bonds is 5. The van der Waals surface area contributed by atoms with Crippen molar-refractivity contribution in [3.8, 4) is 0 Å². The monoisotopic (exact) mass is 321 g/mol. The van der Waals surface area contributed by atoms with Gasteiger partial charge in [0, 0.05) is 17.6 Å². The molecule has 5 nitrogen and oxygen atoms in total. The van der Waals surface area contributed by atoms with E-state index in [0.29, 0.717) is 12.2 Å². The van der Waals surface area contributed by atoms with Crippen LogP contribution in [0.3, 0.4) is 0 Å². The van der Waals surface area contributed by atoms with E-state index in [1.54, 1.807) is 18.5 Å². The predicted octanol–water partition coefficient (Wildman–Crippen LogP) is 4.16. The van der Waals surface area contributed by atoms with Crippen LogP contribution >= 0.6 is 0 Å². The number of anilines is 2. The summed E-state index contributed by atoms with van der Waals surface area (Å²) in [4.78, 5) is 16.6. The Kier molecular flexibility index (Phi) is 4.61. The van der Waals surface area contributed by atoms with Crippen LogP contribution in [0.25, 0.3) is 0 Å². The maximum Gasteiger partial charge on any atom is 0.274 e. The van der Waals surface area contributed by atoms with Gasteiger partial charge in [-0.15, -0.1) is 0 Å². The molecule has 0 aliphatic heterocycles. The summed E-state index contributed by atoms with van der Waals surface area (Å²) in [5.74, 6) is 0.594. The quantitative estimate of drug-likeness (QED) is 0.740. The summed E-state index contributed by atoms with van der Waals surface area (Å²) < 4.78 is 5.28. The molecule has 0 aliphatic carbocycles. The molecule has 3 aromatic rings. The van der Waals surface area contributed by atoms with Gasteiger partial charge in [0.1, 0.15) is 11.5 Å². The molecule has 0 unspecified atom stereocenters. The minimum Gasteiger partial charge on any atom is -0.467 e. The van der Waals surface area contributed by atoms with Gasteiger partial charge in [-0.1, -0.05) is 17.7 Å². The molecule has 5 heteroatoms. The average molecular weight is 321 g/mol. The van der Waals surface area contributed by atoms with Crippen molar-refractivity contribution in [2.45, 2.75) is 20.4 Å². The molecular weight excluding hydrogens is 302 g/mol. The number of carbonyl (C=O) groups is 1. The van der Waals surface area contributed by atoms with E-state index in [2.05, 4.69) is 15.6 Å². The Labute approximate surface area is 140 Å². The first kappa shape index (κ1) is 15.8. The number of carbonyl (C=O) groups excluding carboxylic acids is 1. The zero-order chi connectivity index (χ0) is 16.9. The standard InChI is InChI=1S/C19H19N3O2/c1-13-5-6-17(14(2)10-13)22-19(23)18-11-15(7-8-20-18)21-12-16-4-3-9-24-16/h3-11H,12H2,1-2H3,(H,20,21)(H,22,23). The third-order valence-corrected chi connectivity index (χ3v) is 3.67. The lowest BCUT2D eigenvalue weighted by atomic mass is 10.1. The summed E-state index contributed by atoms with van der Waals surface area (Å²) >= 11 is 0. The van der Waals surface area contributed by atoms with Gasteiger partial charge in [-0.2, -0.15) is 0 Å². The Morgan fingerprint density at radius 2 is 2.04 bits per heavy atom. The van der Waals surface area contributed by atoms with Gasteiger partial charge in [0.25, 0.3) is 5.91 Å². The number of aryl methyl sites for hydroxylation is 2. The van der Waals surface area contributed by atoms with E-state index in [-0.39, 0.29) is 5.91 Å². The fourth-order valence-electron chi connectivity index (χ4n) is 2.41. The van der Waals surface area contributed by atoms with Crippen LogP contribution in [-0.2, 0) is 6.54 Å². The van der Waals surface area contributed by atoms with E-state index in [0.717, 1.165) is 28.3 Å². The molecule has 1 aromatic carbocycles. The summed E-state index contributed by atoms with van der Waals surface area (Å²) in [5.41, 5.74) is 4.15. The van der Waals surface area contributed by atoms with E-state index in [9.17, 15) is 4.79 Å². The van der Waals surface area contributed by atoms with Gasteiger partial charge in [-0.05, 0) is 49.7 Å². The van der Waals surface area contributed by atoms with Crippen LogP contribution in [0.1, 0.15) is 27.4 Å². The zero-order valence-corrected chi connectivity index (χ0v) is 13.7. The van der Waals surface area contributed by atoms with Crippen molar-refractivity contribution in [3.63, 3.8) is 0 Å². The first-order chi connectivity index (χ1) is 11.6. The second-order valence-electron chi connectivity index (χ2n) is 5.64. The molecule has 122 valence electrons. The fourth-order valence-corrected chi connectivity index (χ4v) is 2.41. The van der Waals surface area contributed by atoms with E-state index in [1.807, 2.05) is 50.2 Å². The second kappa shape index (κ2) is 7.00. The lowest BCUT2D eigenvalue weighted by Gasteiger charge is -2.10. The number of pyridine rings is 1. The number of furan rings is 1. The number of hydrogen-bond acceptors (Lipinski definition) is 4. The predicted molar refractivity (Wildman–Crippen MR) is 94.1 cm³/mol. The highest BCUT2D eigenvalue weighted by atomic mass is 16.3. The van der Waals surface area contributed by atoms with Gasteiger partial charge in [0.15, 0.2) is 0 Å². The molecule has 0 fully saturated rings. The summed E-state index contributed by atoms with van der Waals surface area (Å²) in [6.07, 6.45) is 3.24. The summed E-state index contributed by atoms with van der Waals surface area (Å²) in [6, 6.07) is 13.2. The molecule has 2 N–H and O–H groups in total. The maximum atomic E-state index is 12.4. The highest BCUT2D eigenvalue weighted by Crippen LogP contribution is 2.17. The Balaban J connectivity index is 1.69. The number of nitrogens with one attached hydrogen (secondary N) is 2. The van der Waals surface area contributed by atoms with Crippen molar-refractivity contribution in [2.75, 3.05) is 10.6 Å². The molecule has 0 spiro atoms. The molecular formula is C19H19N3O2.